The smallest absolute Gasteiger partial charge is 0.295 e. The molecule has 32 heavy (non-hydrogen) atoms. The Hall–Kier alpha value is -3.38. The second-order valence-electron chi connectivity index (χ2n) is 8.04. The minimum Gasteiger partial charge on any atom is -0.502 e. The minimum atomic E-state index is -4.13. The molecule has 0 unspecified atom stereocenters. The molecule has 1 aliphatic heterocycles. The van der Waals surface area contributed by atoms with Crippen LogP contribution >= 0.6 is 0 Å². The molecule has 3 aromatic carbocycles. The molecule has 1 amide bonds. The molecule has 4 rings (SSSR count). The summed E-state index contributed by atoms with van der Waals surface area (Å²) in [6.45, 7) is 5.83. The monoisotopic (exact) mass is 447 g/mol. The summed E-state index contributed by atoms with van der Waals surface area (Å²) in [5.41, 5.74) is 4.15. The fourth-order valence-corrected chi connectivity index (χ4v) is 5.54. The summed E-state index contributed by atoms with van der Waals surface area (Å²) in [6, 6.07) is 20.1. The molecule has 0 spiro atoms. The highest BCUT2D eigenvalue weighted by Gasteiger charge is 2.47. The summed E-state index contributed by atoms with van der Waals surface area (Å²) < 4.78 is 27.3. The van der Waals surface area contributed by atoms with Gasteiger partial charge in [-0.3, -0.25) is 9.69 Å². The van der Waals surface area contributed by atoms with Gasteiger partial charge >= 0.3 is 0 Å². The average Bonchev–Trinajstić information content (AvgIpc) is 3.06. The molecule has 0 saturated heterocycles. The van der Waals surface area contributed by atoms with E-state index in [1.54, 1.807) is 36.4 Å². The number of rotatable bonds is 5. The van der Waals surface area contributed by atoms with Crippen molar-refractivity contribution in [2.24, 2.45) is 0 Å². The van der Waals surface area contributed by atoms with Crippen molar-refractivity contribution in [2.45, 2.75) is 38.1 Å². The van der Waals surface area contributed by atoms with E-state index in [1.165, 1.54) is 17.0 Å². The first-order valence-corrected chi connectivity index (χ1v) is 12.0. The first-order valence-electron chi connectivity index (χ1n) is 10.5. The van der Waals surface area contributed by atoms with E-state index in [0.29, 0.717) is 11.3 Å². The quantitative estimate of drug-likeness (QED) is 0.584. The van der Waals surface area contributed by atoms with Gasteiger partial charge in [-0.25, -0.2) is 8.42 Å². The summed E-state index contributed by atoms with van der Waals surface area (Å²) >= 11 is 0. The Kier molecular flexibility index (Phi) is 5.65. The molecule has 5 nitrogen and oxygen atoms in total. The van der Waals surface area contributed by atoms with Gasteiger partial charge < -0.3 is 5.11 Å². The Bertz CT molecular complexity index is 1290. The van der Waals surface area contributed by atoms with E-state index in [9.17, 15) is 18.3 Å². The summed E-state index contributed by atoms with van der Waals surface area (Å²) in [5.74, 6) is -1.47. The van der Waals surface area contributed by atoms with E-state index >= 15 is 0 Å². The van der Waals surface area contributed by atoms with E-state index in [2.05, 4.69) is 0 Å². The number of benzene rings is 3. The van der Waals surface area contributed by atoms with Crippen molar-refractivity contribution in [2.75, 3.05) is 4.90 Å². The van der Waals surface area contributed by atoms with Gasteiger partial charge in [-0.05, 0) is 55.7 Å². The zero-order valence-electron chi connectivity index (χ0n) is 18.2. The number of aliphatic hydroxyl groups is 1. The van der Waals surface area contributed by atoms with Gasteiger partial charge in [0.2, 0.25) is 9.84 Å². The summed E-state index contributed by atoms with van der Waals surface area (Å²) in [7, 11) is -4.13. The number of sulfone groups is 1. The Labute approximate surface area is 188 Å². The highest BCUT2D eigenvalue weighted by atomic mass is 32.2. The first kappa shape index (κ1) is 21.8. The third kappa shape index (κ3) is 3.71. The second kappa shape index (κ2) is 8.28. The van der Waals surface area contributed by atoms with Crippen molar-refractivity contribution in [1.82, 2.24) is 0 Å². The Balaban J connectivity index is 1.91. The molecule has 1 heterocycles. The van der Waals surface area contributed by atoms with Gasteiger partial charge in [0, 0.05) is 5.69 Å². The molecule has 6 heteroatoms. The largest absolute Gasteiger partial charge is 0.502 e. The maximum atomic E-state index is 13.6. The van der Waals surface area contributed by atoms with Crippen LogP contribution in [0.2, 0.25) is 0 Å². The van der Waals surface area contributed by atoms with Crippen LogP contribution in [-0.2, 0) is 21.1 Å². The highest BCUT2D eigenvalue weighted by Crippen LogP contribution is 2.44. The Morgan fingerprint density at radius 3 is 1.91 bits per heavy atom. The molecule has 1 aliphatic rings. The molecule has 3 aromatic rings. The predicted molar refractivity (Wildman–Crippen MR) is 125 cm³/mol. The fraction of sp³-hybridized carbons (Fsp3) is 0.192. The van der Waals surface area contributed by atoms with Crippen LogP contribution in [0.5, 0.6) is 0 Å². The molecule has 0 aliphatic carbocycles. The third-order valence-electron chi connectivity index (χ3n) is 5.80. The maximum absolute atomic E-state index is 13.6. The van der Waals surface area contributed by atoms with E-state index in [4.69, 9.17) is 0 Å². The molecule has 0 radical (unpaired) electrons. The molecular formula is C26H25NO4S. The molecule has 0 bridgehead atoms. The predicted octanol–water partition coefficient (Wildman–Crippen LogP) is 5.20. The van der Waals surface area contributed by atoms with Crippen molar-refractivity contribution in [3.8, 4) is 0 Å². The fourth-order valence-electron chi connectivity index (χ4n) is 3.91. The van der Waals surface area contributed by atoms with Crippen molar-refractivity contribution in [3.05, 3.63) is 106 Å². The van der Waals surface area contributed by atoms with Crippen LogP contribution in [0.3, 0.4) is 0 Å². The van der Waals surface area contributed by atoms with E-state index in [-0.39, 0.29) is 9.80 Å². The normalized spacial score (nSPS) is 16.7. The lowest BCUT2D eigenvalue weighted by atomic mass is 10.0. The van der Waals surface area contributed by atoms with Gasteiger partial charge in [0.25, 0.3) is 5.91 Å². The zero-order chi connectivity index (χ0) is 23.0. The number of amides is 1. The molecule has 1 atom stereocenters. The number of hydrogen-bond acceptors (Lipinski definition) is 4. The van der Waals surface area contributed by atoms with Gasteiger partial charge in [-0.1, -0.05) is 66.6 Å². The number of aryl methyl sites for hydroxylation is 3. The SMILES string of the molecule is CCc1ccc(N2C(=O)C(O)=C(S(=O)(=O)c3ccc(C)cc3)[C@H]2c2ccc(C)cc2)cc1. The van der Waals surface area contributed by atoms with Crippen LogP contribution in [0.25, 0.3) is 0 Å². The van der Waals surface area contributed by atoms with Crippen molar-refractivity contribution >= 4 is 21.4 Å². The Morgan fingerprint density at radius 1 is 0.844 bits per heavy atom. The van der Waals surface area contributed by atoms with E-state index in [1.807, 2.05) is 45.0 Å². The average molecular weight is 448 g/mol. The van der Waals surface area contributed by atoms with Gasteiger partial charge in [-0.2, -0.15) is 0 Å². The number of anilines is 1. The third-order valence-corrected chi connectivity index (χ3v) is 7.69. The highest BCUT2D eigenvalue weighted by molar-refractivity contribution is 7.95. The molecular weight excluding hydrogens is 422 g/mol. The topological polar surface area (TPSA) is 74.7 Å². The lowest BCUT2D eigenvalue weighted by Crippen LogP contribution is -2.31. The molecule has 1 N–H and O–H groups in total. The van der Waals surface area contributed by atoms with Gasteiger partial charge in [0.15, 0.2) is 5.76 Å². The number of hydrogen-bond donors (Lipinski definition) is 1. The van der Waals surface area contributed by atoms with Crippen molar-refractivity contribution in [3.63, 3.8) is 0 Å². The van der Waals surface area contributed by atoms with Gasteiger partial charge in [-0.15, -0.1) is 0 Å². The summed E-state index contributed by atoms with van der Waals surface area (Å²) in [6.07, 6.45) is 0.839. The molecule has 164 valence electrons. The van der Waals surface area contributed by atoms with Crippen LogP contribution in [-0.4, -0.2) is 19.4 Å². The lowest BCUT2D eigenvalue weighted by Gasteiger charge is -2.27. The van der Waals surface area contributed by atoms with Crippen molar-refractivity contribution < 1.29 is 18.3 Å². The zero-order valence-corrected chi connectivity index (χ0v) is 19.1. The Morgan fingerprint density at radius 2 is 1.38 bits per heavy atom. The number of carbonyl (C=O) groups excluding carboxylic acids is 1. The molecule has 0 saturated carbocycles. The minimum absolute atomic E-state index is 0.0396. The number of carbonyl (C=O) groups is 1. The summed E-state index contributed by atoms with van der Waals surface area (Å²) in [5, 5.41) is 10.8. The maximum Gasteiger partial charge on any atom is 0.295 e. The van der Waals surface area contributed by atoms with E-state index in [0.717, 1.165) is 23.1 Å². The lowest BCUT2D eigenvalue weighted by molar-refractivity contribution is -0.117. The van der Waals surface area contributed by atoms with Crippen LogP contribution < -0.4 is 4.90 Å². The first-order chi connectivity index (χ1) is 15.2. The van der Waals surface area contributed by atoms with Crippen LogP contribution in [0.15, 0.2) is 88.4 Å². The van der Waals surface area contributed by atoms with Crippen LogP contribution in [0.4, 0.5) is 5.69 Å². The van der Waals surface area contributed by atoms with Crippen molar-refractivity contribution in [1.29, 1.82) is 0 Å². The summed E-state index contributed by atoms with van der Waals surface area (Å²) in [4.78, 5) is 14.3. The number of nitrogens with zero attached hydrogens (tertiary/aromatic N) is 1. The van der Waals surface area contributed by atoms with Gasteiger partial charge in [0.1, 0.15) is 10.9 Å². The second-order valence-corrected chi connectivity index (χ2v) is 9.96. The van der Waals surface area contributed by atoms with Gasteiger partial charge in [0.05, 0.1) is 4.90 Å². The van der Waals surface area contributed by atoms with E-state index < -0.39 is 27.5 Å². The van der Waals surface area contributed by atoms with Crippen LogP contribution in [0, 0.1) is 13.8 Å². The number of aliphatic hydroxyl groups excluding tert-OH is 1. The molecule has 0 aromatic heterocycles. The molecule has 0 fully saturated rings. The van der Waals surface area contributed by atoms with Crippen LogP contribution in [0.1, 0.15) is 35.2 Å². The standard InChI is InChI=1S/C26H25NO4S/c1-4-19-9-13-21(14-10-19)27-23(20-11-5-17(2)6-12-20)25(24(28)26(27)29)32(30,31)22-15-7-18(3)8-16-22/h5-16,23,28H,4H2,1-3H3/t23-/m1/s1.